The van der Waals surface area contributed by atoms with Gasteiger partial charge < -0.3 is 18.9 Å². The molecule has 0 atom stereocenters. The van der Waals surface area contributed by atoms with Crippen LogP contribution in [0.1, 0.15) is 26.3 Å². The zero-order chi connectivity index (χ0) is 43.2. The first kappa shape index (κ1) is 46.5. The molecule has 0 saturated heterocycles. The zero-order valence-corrected chi connectivity index (χ0v) is 37.6. The van der Waals surface area contributed by atoms with E-state index in [-0.39, 0.29) is 32.5 Å². The maximum Gasteiger partial charge on any atom is 0.274 e. The van der Waals surface area contributed by atoms with E-state index < -0.39 is 31.0 Å². The van der Waals surface area contributed by atoms with Gasteiger partial charge in [0.2, 0.25) is 0 Å². The van der Waals surface area contributed by atoms with Gasteiger partial charge in [0, 0.05) is 20.1 Å². The number of halogens is 3. The summed E-state index contributed by atoms with van der Waals surface area (Å²) >= 11 is 11.7. The van der Waals surface area contributed by atoms with Crippen molar-refractivity contribution in [2.24, 2.45) is 0 Å². The van der Waals surface area contributed by atoms with E-state index in [4.69, 9.17) is 30.5 Å². The summed E-state index contributed by atoms with van der Waals surface area (Å²) in [6.45, 7) is 0. The van der Waals surface area contributed by atoms with E-state index in [0.29, 0.717) is 37.3 Å². The van der Waals surface area contributed by atoms with Crippen LogP contribution in [0.15, 0.2) is 164 Å². The summed E-state index contributed by atoms with van der Waals surface area (Å²) in [5.74, 6) is 0.927. The minimum Gasteiger partial charge on any atom is -0.497 e. The van der Waals surface area contributed by atoms with Crippen molar-refractivity contribution in [3.05, 3.63) is 171 Å². The number of sulfone groups is 1. The Morgan fingerprint density at radius 1 is 0.559 bits per heavy atom. The van der Waals surface area contributed by atoms with Crippen LogP contribution in [-0.2, 0) is 25.6 Å². The number of sulfonamides is 1. The third-order valence-electron chi connectivity index (χ3n) is 8.13. The number of carbonyl (C=O) groups is 2. The Hall–Kier alpha value is -5.19. The highest BCUT2D eigenvalue weighted by Gasteiger charge is 2.34. The van der Waals surface area contributed by atoms with Crippen LogP contribution in [-0.4, -0.2) is 56.4 Å². The van der Waals surface area contributed by atoms with Gasteiger partial charge in [0.15, 0.2) is 9.84 Å². The lowest BCUT2D eigenvalue weighted by Crippen LogP contribution is -2.37. The largest absolute Gasteiger partial charge is 0.497 e. The average molecular weight is 988 g/mol. The Morgan fingerprint density at radius 3 is 1.44 bits per heavy atom. The first-order valence-electron chi connectivity index (χ1n) is 17.2. The molecule has 0 aliphatic carbocycles. The first-order chi connectivity index (χ1) is 28.1. The average Bonchev–Trinajstić information content (AvgIpc) is 3.25. The van der Waals surface area contributed by atoms with Gasteiger partial charge in [-0.2, -0.15) is 4.31 Å². The fraction of sp³-hybridized carbons (Fsp3) is 0.116. The molecule has 11 nitrogen and oxygen atoms in total. The van der Waals surface area contributed by atoms with Gasteiger partial charge in [-0.05, 0) is 102 Å². The second-order valence-corrected chi connectivity index (χ2v) is 17.9. The molecule has 0 bridgehead atoms. The second kappa shape index (κ2) is 21.7. The Kier molecular flexibility index (Phi) is 17.1. The molecule has 0 spiro atoms. The minimum absolute atomic E-state index is 0.0934. The summed E-state index contributed by atoms with van der Waals surface area (Å²) in [6, 6.07) is 39.6. The Balaban J connectivity index is 0.000000222. The number of ether oxygens (including phenoxy) is 4. The third-order valence-corrected chi connectivity index (χ3v) is 12.8. The number of benzene rings is 6. The lowest BCUT2D eigenvalue weighted by Gasteiger charge is -2.24. The topological polar surface area (TPSA) is 143 Å². The van der Waals surface area contributed by atoms with Crippen LogP contribution in [0.4, 0.5) is 5.69 Å². The van der Waals surface area contributed by atoms with E-state index in [1.165, 1.54) is 45.6 Å². The smallest absolute Gasteiger partial charge is 0.274 e. The molecule has 59 heavy (non-hydrogen) atoms. The van der Waals surface area contributed by atoms with E-state index in [0.717, 1.165) is 4.31 Å². The van der Waals surface area contributed by atoms with Crippen molar-refractivity contribution in [3.8, 4) is 23.0 Å². The van der Waals surface area contributed by atoms with E-state index >= 15 is 0 Å². The summed E-state index contributed by atoms with van der Waals surface area (Å²) in [5, 5.41) is -0.407. The van der Waals surface area contributed by atoms with E-state index in [9.17, 15) is 26.4 Å². The molecule has 6 aromatic rings. The number of rotatable bonds is 12. The van der Waals surface area contributed by atoms with Gasteiger partial charge in [-0.3, -0.25) is 9.59 Å². The van der Waals surface area contributed by atoms with Crippen LogP contribution >= 0.6 is 43.5 Å². The van der Waals surface area contributed by atoms with Gasteiger partial charge in [-0.1, -0.05) is 92.5 Å². The van der Waals surface area contributed by atoms with Crippen LogP contribution in [0.25, 0.3) is 0 Å². The van der Waals surface area contributed by atoms with E-state index in [1.54, 1.807) is 122 Å². The Bertz CT molecular complexity index is 2560. The van der Waals surface area contributed by atoms with Crippen LogP contribution < -0.4 is 23.3 Å². The predicted octanol–water partition coefficient (Wildman–Crippen LogP) is 10.0. The van der Waals surface area contributed by atoms with Crippen LogP contribution in [0.3, 0.4) is 0 Å². The van der Waals surface area contributed by atoms with Gasteiger partial charge in [-0.25, -0.2) is 16.8 Å². The number of anilines is 1. The van der Waals surface area contributed by atoms with Gasteiger partial charge in [0.05, 0.1) is 39.9 Å². The maximum absolute atomic E-state index is 13.6. The van der Waals surface area contributed by atoms with Gasteiger partial charge in [0.25, 0.3) is 21.2 Å². The van der Waals surface area contributed by atoms with Crippen molar-refractivity contribution >= 4 is 80.2 Å². The Labute approximate surface area is 365 Å². The van der Waals surface area contributed by atoms with Crippen LogP contribution in [0.2, 0.25) is 0 Å². The second-order valence-electron chi connectivity index (χ2n) is 12.0. The number of hydrogen-bond acceptors (Lipinski definition) is 10. The third kappa shape index (κ3) is 12.7. The van der Waals surface area contributed by atoms with Crippen molar-refractivity contribution < 1.29 is 45.4 Å². The van der Waals surface area contributed by atoms with Gasteiger partial charge in [0.1, 0.15) is 32.8 Å². The number of methoxy groups -OCH3 is 4. The molecule has 0 radical (unpaired) electrons. The van der Waals surface area contributed by atoms with Gasteiger partial charge >= 0.3 is 0 Å². The molecule has 0 heterocycles. The molecule has 0 aliphatic heterocycles. The Morgan fingerprint density at radius 2 is 1.00 bits per heavy atom. The maximum atomic E-state index is 13.6. The first-order valence-corrected chi connectivity index (χ1v) is 22.3. The van der Waals surface area contributed by atoms with Crippen molar-refractivity contribution in [1.29, 1.82) is 0 Å². The number of carbonyl (C=O) groups excluding carboxylic acids is 2. The zero-order valence-electron chi connectivity index (χ0n) is 32.0. The van der Waals surface area contributed by atoms with Crippen molar-refractivity contribution in [2.45, 2.75) is 15.5 Å². The molecular formula is C43H38Br2ClNO10S2. The SMILES string of the molecule is COc1ccc(CS(=O)(=O)c2cc(Br)ccc2OC)cc1.COc1ccc(N(C(=O)c2ccccc2)S(=O)(=O)c2cc(Br)ccc2OC)cc1.O=C(Cl)c1ccccc1. The van der Waals surface area contributed by atoms with E-state index in [1.807, 2.05) is 6.07 Å². The summed E-state index contributed by atoms with van der Waals surface area (Å²) in [5.41, 5.74) is 1.65. The molecule has 16 heteroatoms. The highest BCUT2D eigenvalue weighted by atomic mass is 79.9. The monoisotopic (exact) mass is 985 g/mol. The van der Waals surface area contributed by atoms with Crippen LogP contribution in [0, 0.1) is 0 Å². The number of nitrogens with zero attached hydrogens (tertiary/aromatic N) is 1. The van der Waals surface area contributed by atoms with E-state index in [2.05, 4.69) is 31.9 Å². The lowest BCUT2D eigenvalue weighted by atomic mass is 10.2. The summed E-state index contributed by atoms with van der Waals surface area (Å²) in [6.07, 6.45) is 0. The van der Waals surface area contributed by atoms with Crippen LogP contribution in [0.5, 0.6) is 23.0 Å². The molecule has 6 rings (SSSR count). The molecular weight excluding hydrogens is 950 g/mol. The molecule has 0 fully saturated rings. The molecule has 1 amide bonds. The van der Waals surface area contributed by atoms with Crippen molar-refractivity contribution in [2.75, 3.05) is 32.7 Å². The van der Waals surface area contributed by atoms with Crippen molar-refractivity contribution in [1.82, 2.24) is 0 Å². The normalized spacial score (nSPS) is 10.8. The summed E-state index contributed by atoms with van der Waals surface area (Å²) < 4.78 is 74.9. The quantitative estimate of drug-likeness (QED) is 0.109. The molecule has 0 unspecified atom stereocenters. The molecule has 0 aromatic heterocycles. The summed E-state index contributed by atoms with van der Waals surface area (Å²) in [4.78, 5) is 23.7. The standard InChI is InChI=1S/C21H18BrNO5S.C15H15BrO4S.C7H5ClO/c1-27-18-11-9-17(10-12-18)23(21(24)15-6-4-3-5-7-15)29(25,26)20-14-16(22)8-13-19(20)28-2;1-19-13-6-3-11(4-7-13)10-21(17,18)15-9-12(16)5-8-14(15)20-2;8-7(9)6-4-2-1-3-5-6/h3-14H,1-2H3;3-9H,10H2,1-2H3;1-5H. The number of hydrogen-bond donors (Lipinski definition) is 0. The highest BCUT2D eigenvalue weighted by Crippen LogP contribution is 2.34. The molecule has 0 saturated carbocycles. The number of amides is 1. The predicted molar refractivity (Wildman–Crippen MR) is 235 cm³/mol. The molecule has 0 aliphatic rings. The summed E-state index contributed by atoms with van der Waals surface area (Å²) in [7, 11) is -1.89. The fourth-order valence-electron chi connectivity index (χ4n) is 5.21. The molecule has 308 valence electrons. The minimum atomic E-state index is -4.30. The highest BCUT2D eigenvalue weighted by molar-refractivity contribution is 9.10. The molecule has 6 aromatic carbocycles. The fourth-order valence-corrected chi connectivity index (χ4v) is 9.52. The lowest BCUT2D eigenvalue weighted by molar-refractivity contribution is 0.100. The van der Waals surface area contributed by atoms with Gasteiger partial charge in [-0.15, -0.1) is 0 Å². The molecule has 0 N–H and O–H groups in total. The van der Waals surface area contributed by atoms with Crippen molar-refractivity contribution in [3.63, 3.8) is 0 Å².